The largest absolute Gasteiger partial charge is 0.335 e. The van der Waals surface area contributed by atoms with Gasteiger partial charge in [-0.2, -0.15) is 0 Å². The third kappa shape index (κ3) is 5.63. The normalized spacial score (nSPS) is 11.0. The van der Waals surface area contributed by atoms with Gasteiger partial charge >= 0.3 is 0 Å². The molecule has 5 nitrogen and oxygen atoms in total. The van der Waals surface area contributed by atoms with Crippen molar-refractivity contribution >= 4 is 27.5 Å². The van der Waals surface area contributed by atoms with Gasteiger partial charge in [-0.1, -0.05) is 29.8 Å². The van der Waals surface area contributed by atoms with E-state index in [9.17, 15) is 13.2 Å². The third-order valence-electron chi connectivity index (χ3n) is 2.79. The van der Waals surface area contributed by atoms with Crippen molar-refractivity contribution < 1.29 is 13.2 Å². The van der Waals surface area contributed by atoms with Crippen LogP contribution in [0.3, 0.4) is 0 Å². The summed E-state index contributed by atoms with van der Waals surface area (Å²) in [6, 6.07) is 5.94. The molecule has 1 aromatic carbocycles. The number of carbonyl (C=O) groups excluding carboxylic acids is 1. The highest BCUT2D eigenvalue weighted by Crippen LogP contribution is 2.15. The summed E-state index contributed by atoms with van der Waals surface area (Å²) in [5.74, 6) is -0.173. The number of nitrogens with one attached hydrogen (secondary N) is 1. The third-order valence-corrected chi connectivity index (χ3v) is 4.48. The summed E-state index contributed by atoms with van der Waals surface area (Å²) in [6.07, 6.45) is 3.27. The molecule has 0 bridgehead atoms. The number of nitrogens with zero attached hydrogens (tertiary/aromatic N) is 1. The second kappa shape index (κ2) is 8.73. The zero-order valence-electron chi connectivity index (χ0n) is 12.2. The van der Waals surface area contributed by atoms with Crippen LogP contribution in [0.25, 0.3) is 0 Å². The van der Waals surface area contributed by atoms with E-state index < -0.39 is 10.0 Å². The maximum absolute atomic E-state index is 12.1. The number of benzene rings is 1. The lowest BCUT2D eigenvalue weighted by molar-refractivity contribution is -0.130. The number of carbonyl (C=O) groups is 1. The van der Waals surface area contributed by atoms with Crippen molar-refractivity contribution in [2.24, 2.45) is 0 Å². The van der Waals surface area contributed by atoms with E-state index in [4.69, 9.17) is 11.6 Å². The lowest BCUT2D eigenvalue weighted by Crippen LogP contribution is -2.34. The fourth-order valence-electron chi connectivity index (χ4n) is 1.76. The van der Waals surface area contributed by atoms with Crippen LogP contribution < -0.4 is 4.72 Å². The molecule has 0 saturated carbocycles. The van der Waals surface area contributed by atoms with E-state index in [0.717, 1.165) is 0 Å². The molecule has 1 rings (SSSR count). The number of sulfonamides is 1. The summed E-state index contributed by atoms with van der Waals surface area (Å²) >= 11 is 5.77. The first kappa shape index (κ1) is 18.4. The maximum atomic E-state index is 12.1. The van der Waals surface area contributed by atoms with Gasteiger partial charge in [0.1, 0.15) is 0 Å². The van der Waals surface area contributed by atoms with Gasteiger partial charge in [0.25, 0.3) is 0 Å². The highest BCUT2D eigenvalue weighted by Gasteiger charge is 2.16. The minimum absolute atomic E-state index is 0.0124. The average molecular weight is 343 g/mol. The zero-order chi connectivity index (χ0) is 16.6. The van der Waals surface area contributed by atoms with Crippen molar-refractivity contribution in [2.75, 3.05) is 19.6 Å². The van der Waals surface area contributed by atoms with Crippen molar-refractivity contribution in [3.8, 4) is 0 Å². The van der Waals surface area contributed by atoms with Crippen molar-refractivity contribution in [1.82, 2.24) is 9.62 Å². The summed E-state index contributed by atoms with van der Waals surface area (Å²) < 4.78 is 26.5. The Bertz CT molecular complexity index is 634. The molecular weight excluding hydrogens is 324 g/mol. The van der Waals surface area contributed by atoms with Gasteiger partial charge < -0.3 is 4.90 Å². The molecule has 0 aliphatic heterocycles. The molecule has 0 spiro atoms. The van der Waals surface area contributed by atoms with Gasteiger partial charge in [-0.3, -0.25) is 4.79 Å². The topological polar surface area (TPSA) is 66.5 Å². The molecule has 22 heavy (non-hydrogen) atoms. The van der Waals surface area contributed by atoms with Crippen LogP contribution in [0.2, 0.25) is 5.02 Å². The van der Waals surface area contributed by atoms with Gasteiger partial charge in [0.15, 0.2) is 0 Å². The molecule has 0 radical (unpaired) electrons. The Morgan fingerprint density at radius 3 is 2.45 bits per heavy atom. The first-order valence-electron chi connectivity index (χ1n) is 6.65. The Labute approximate surface area is 136 Å². The van der Waals surface area contributed by atoms with E-state index >= 15 is 0 Å². The molecule has 120 valence electrons. The quantitative estimate of drug-likeness (QED) is 0.700. The SMILES string of the molecule is C=CCN(CC=C)C(=O)CCNS(=O)(=O)c1cccc(Cl)c1. The Balaban J connectivity index is 2.60. The van der Waals surface area contributed by atoms with E-state index in [2.05, 4.69) is 17.9 Å². The fraction of sp³-hybridized carbons (Fsp3) is 0.267. The Kier molecular flexibility index (Phi) is 7.31. The summed E-state index contributed by atoms with van der Waals surface area (Å²) in [6.45, 7) is 7.96. The predicted octanol–water partition coefficient (Wildman–Crippen LogP) is 2.21. The van der Waals surface area contributed by atoms with Crippen molar-refractivity contribution in [1.29, 1.82) is 0 Å². The minimum atomic E-state index is -3.67. The van der Waals surface area contributed by atoms with Crippen LogP contribution in [0.15, 0.2) is 54.5 Å². The Morgan fingerprint density at radius 2 is 1.91 bits per heavy atom. The van der Waals surface area contributed by atoms with E-state index in [0.29, 0.717) is 18.1 Å². The van der Waals surface area contributed by atoms with Gasteiger partial charge in [0.05, 0.1) is 4.90 Å². The van der Waals surface area contributed by atoms with Gasteiger partial charge in [-0.25, -0.2) is 13.1 Å². The molecular formula is C15H19ClN2O3S. The van der Waals surface area contributed by atoms with Crippen molar-refractivity contribution in [2.45, 2.75) is 11.3 Å². The number of halogens is 1. The summed E-state index contributed by atoms with van der Waals surface area (Å²) in [7, 11) is -3.67. The monoisotopic (exact) mass is 342 g/mol. The molecule has 0 unspecified atom stereocenters. The zero-order valence-corrected chi connectivity index (χ0v) is 13.7. The molecule has 1 aromatic rings. The molecule has 0 saturated heterocycles. The number of hydrogen-bond acceptors (Lipinski definition) is 3. The van der Waals surface area contributed by atoms with Crippen LogP contribution in [0.5, 0.6) is 0 Å². The van der Waals surface area contributed by atoms with Crippen molar-refractivity contribution in [3.05, 3.63) is 54.6 Å². The molecule has 0 aromatic heterocycles. The summed E-state index contributed by atoms with van der Waals surface area (Å²) in [5, 5.41) is 0.335. The number of amides is 1. The van der Waals surface area contributed by atoms with Crippen LogP contribution in [-0.2, 0) is 14.8 Å². The van der Waals surface area contributed by atoms with Crippen molar-refractivity contribution in [3.63, 3.8) is 0 Å². The number of rotatable bonds is 9. The lowest BCUT2D eigenvalue weighted by Gasteiger charge is -2.19. The second-order valence-electron chi connectivity index (χ2n) is 4.48. The van der Waals surface area contributed by atoms with Gasteiger partial charge in [0, 0.05) is 31.1 Å². The van der Waals surface area contributed by atoms with E-state index in [-0.39, 0.29) is 23.8 Å². The molecule has 7 heteroatoms. The van der Waals surface area contributed by atoms with E-state index in [1.807, 2.05) is 0 Å². The molecule has 0 aliphatic rings. The first-order valence-corrected chi connectivity index (χ1v) is 8.51. The van der Waals surface area contributed by atoms with Crippen LogP contribution in [0.4, 0.5) is 0 Å². The predicted molar refractivity (Wildman–Crippen MR) is 88.2 cm³/mol. The molecule has 1 N–H and O–H groups in total. The summed E-state index contributed by atoms with van der Waals surface area (Å²) in [5.41, 5.74) is 0. The maximum Gasteiger partial charge on any atom is 0.240 e. The first-order chi connectivity index (χ1) is 10.4. The van der Waals surface area contributed by atoms with Crippen LogP contribution >= 0.6 is 11.6 Å². The summed E-state index contributed by atoms with van der Waals surface area (Å²) in [4.78, 5) is 13.6. The molecule has 0 fully saturated rings. The average Bonchev–Trinajstić information content (AvgIpc) is 2.46. The standard InChI is InChI=1S/C15H19ClN2O3S/c1-3-10-18(11-4-2)15(19)8-9-17-22(20,21)14-7-5-6-13(16)12-14/h3-7,12,17H,1-2,8-11H2. The molecule has 1 amide bonds. The van der Waals surface area contributed by atoms with Crippen LogP contribution in [-0.4, -0.2) is 38.9 Å². The van der Waals surface area contributed by atoms with Gasteiger partial charge in [0.2, 0.25) is 15.9 Å². The van der Waals surface area contributed by atoms with E-state index in [1.54, 1.807) is 24.3 Å². The molecule has 0 atom stereocenters. The van der Waals surface area contributed by atoms with E-state index in [1.165, 1.54) is 17.0 Å². The van der Waals surface area contributed by atoms with Crippen LogP contribution in [0, 0.1) is 0 Å². The molecule has 0 heterocycles. The Hall–Kier alpha value is -1.63. The van der Waals surface area contributed by atoms with Crippen LogP contribution in [0.1, 0.15) is 6.42 Å². The van der Waals surface area contributed by atoms with Gasteiger partial charge in [-0.05, 0) is 18.2 Å². The second-order valence-corrected chi connectivity index (χ2v) is 6.68. The molecule has 0 aliphatic carbocycles. The highest BCUT2D eigenvalue weighted by atomic mass is 35.5. The highest BCUT2D eigenvalue weighted by molar-refractivity contribution is 7.89. The fourth-order valence-corrected chi connectivity index (χ4v) is 3.09. The lowest BCUT2D eigenvalue weighted by atomic mass is 10.3. The Morgan fingerprint density at radius 1 is 1.27 bits per heavy atom. The van der Waals surface area contributed by atoms with Gasteiger partial charge in [-0.15, -0.1) is 13.2 Å². The minimum Gasteiger partial charge on any atom is -0.335 e. The number of hydrogen-bond donors (Lipinski definition) is 1. The smallest absolute Gasteiger partial charge is 0.240 e.